The zero-order valence-corrected chi connectivity index (χ0v) is 12.6. The fourth-order valence-corrected chi connectivity index (χ4v) is 2.48. The molecular weight excluding hydrogens is 268 g/mol. The summed E-state index contributed by atoms with van der Waals surface area (Å²) >= 11 is 0. The molecule has 1 aliphatic rings. The van der Waals surface area contributed by atoms with Gasteiger partial charge in [0.05, 0.1) is 12.7 Å². The second-order valence-electron chi connectivity index (χ2n) is 5.43. The summed E-state index contributed by atoms with van der Waals surface area (Å²) in [4.78, 5) is 13.4. The minimum absolute atomic E-state index is 0.315. The summed E-state index contributed by atoms with van der Waals surface area (Å²) in [6, 6.07) is 6.93. The molecule has 1 aliphatic heterocycles. The number of hydrogen-bond donors (Lipinski definition) is 1. The monoisotopic (exact) mass is 292 g/mol. The van der Waals surface area contributed by atoms with E-state index in [1.165, 1.54) is 0 Å². The molecule has 1 heterocycles. The lowest BCUT2D eigenvalue weighted by Crippen LogP contribution is -2.31. The van der Waals surface area contributed by atoms with Crippen LogP contribution in [-0.4, -0.2) is 49.8 Å². The van der Waals surface area contributed by atoms with Gasteiger partial charge in [0.1, 0.15) is 5.75 Å². The topological polar surface area (TPSA) is 64.8 Å². The van der Waals surface area contributed by atoms with Crippen LogP contribution < -0.4 is 10.5 Å². The van der Waals surface area contributed by atoms with Crippen LogP contribution in [0.15, 0.2) is 24.3 Å². The lowest BCUT2D eigenvalue weighted by molar-refractivity contribution is 0.0670. The minimum atomic E-state index is -0.418. The molecule has 2 N–H and O–H groups in total. The maximum atomic E-state index is 11.0. The van der Waals surface area contributed by atoms with Crippen LogP contribution >= 0.6 is 0 Å². The number of nitrogens with two attached hydrogens (primary N) is 1. The molecule has 0 saturated carbocycles. The predicted molar refractivity (Wildman–Crippen MR) is 81.5 cm³/mol. The molecule has 1 atom stereocenters. The van der Waals surface area contributed by atoms with Crippen molar-refractivity contribution in [3.8, 4) is 5.75 Å². The number of amides is 1. The molecule has 1 aromatic carbocycles. The van der Waals surface area contributed by atoms with Crippen LogP contribution in [-0.2, 0) is 4.74 Å². The van der Waals surface area contributed by atoms with Crippen molar-refractivity contribution < 1.29 is 14.3 Å². The highest BCUT2D eigenvalue weighted by Crippen LogP contribution is 2.12. The first kappa shape index (κ1) is 15.8. The van der Waals surface area contributed by atoms with Crippen LogP contribution in [0.1, 0.15) is 30.1 Å². The van der Waals surface area contributed by atoms with Crippen LogP contribution in [0.25, 0.3) is 0 Å². The highest BCUT2D eigenvalue weighted by atomic mass is 16.5. The third-order valence-electron chi connectivity index (χ3n) is 3.56. The van der Waals surface area contributed by atoms with E-state index in [2.05, 4.69) is 11.8 Å². The second kappa shape index (κ2) is 8.00. The number of carbonyl (C=O) groups is 1. The van der Waals surface area contributed by atoms with Crippen molar-refractivity contribution in [3.05, 3.63) is 29.8 Å². The average Bonchev–Trinajstić information content (AvgIpc) is 2.68. The Labute approximate surface area is 126 Å². The van der Waals surface area contributed by atoms with E-state index in [4.69, 9.17) is 15.2 Å². The Morgan fingerprint density at radius 2 is 2.19 bits per heavy atom. The van der Waals surface area contributed by atoms with Gasteiger partial charge in [0, 0.05) is 31.8 Å². The van der Waals surface area contributed by atoms with E-state index in [9.17, 15) is 4.79 Å². The smallest absolute Gasteiger partial charge is 0.248 e. The van der Waals surface area contributed by atoms with E-state index in [0.717, 1.165) is 44.8 Å². The maximum Gasteiger partial charge on any atom is 0.248 e. The molecule has 0 bridgehead atoms. The number of carbonyl (C=O) groups excluding carboxylic acids is 1. The van der Waals surface area contributed by atoms with Crippen molar-refractivity contribution in [1.82, 2.24) is 4.90 Å². The van der Waals surface area contributed by atoms with Crippen LogP contribution in [0.5, 0.6) is 5.75 Å². The molecule has 0 aliphatic carbocycles. The van der Waals surface area contributed by atoms with Gasteiger partial charge < -0.3 is 20.1 Å². The SMILES string of the molecule is CC1CN(CCCOc2ccc(C(N)=O)cc2)CCCO1. The lowest BCUT2D eigenvalue weighted by Gasteiger charge is -2.21. The van der Waals surface area contributed by atoms with Gasteiger partial charge in [-0.1, -0.05) is 0 Å². The molecule has 5 heteroatoms. The molecule has 1 amide bonds. The van der Waals surface area contributed by atoms with Gasteiger partial charge in [0.25, 0.3) is 0 Å². The van der Waals surface area contributed by atoms with Crippen LogP contribution in [0.4, 0.5) is 0 Å². The largest absolute Gasteiger partial charge is 0.494 e. The average molecular weight is 292 g/mol. The highest BCUT2D eigenvalue weighted by molar-refractivity contribution is 5.92. The van der Waals surface area contributed by atoms with Crippen molar-refractivity contribution in [2.24, 2.45) is 5.73 Å². The molecule has 1 aromatic rings. The number of hydrogen-bond acceptors (Lipinski definition) is 4. The molecule has 21 heavy (non-hydrogen) atoms. The Morgan fingerprint density at radius 3 is 2.90 bits per heavy atom. The van der Waals surface area contributed by atoms with Gasteiger partial charge in [-0.2, -0.15) is 0 Å². The summed E-state index contributed by atoms with van der Waals surface area (Å²) in [5.41, 5.74) is 5.70. The summed E-state index contributed by atoms with van der Waals surface area (Å²) in [6.07, 6.45) is 2.39. The molecule has 1 saturated heterocycles. The van der Waals surface area contributed by atoms with Crippen molar-refractivity contribution >= 4 is 5.91 Å². The Balaban J connectivity index is 1.68. The van der Waals surface area contributed by atoms with Gasteiger partial charge in [0.15, 0.2) is 0 Å². The molecule has 1 fully saturated rings. The Morgan fingerprint density at radius 1 is 1.43 bits per heavy atom. The first-order valence-electron chi connectivity index (χ1n) is 7.52. The Bertz CT molecular complexity index is 447. The van der Waals surface area contributed by atoms with Crippen LogP contribution in [0.3, 0.4) is 0 Å². The number of benzene rings is 1. The summed E-state index contributed by atoms with van der Waals surface area (Å²) in [5, 5.41) is 0. The Hall–Kier alpha value is -1.59. The number of nitrogens with zero attached hydrogens (tertiary/aromatic N) is 1. The van der Waals surface area contributed by atoms with Crippen LogP contribution in [0, 0.1) is 0 Å². The van der Waals surface area contributed by atoms with E-state index in [0.29, 0.717) is 18.3 Å². The molecular formula is C16H24N2O3. The highest BCUT2D eigenvalue weighted by Gasteiger charge is 2.14. The molecule has 2 rings (SSSR count). The first-order chi connectivity index (χ1) is 10.1. The zero-order chi connectivity index (χ0) is 15.1. The van der Waals surface area contributed by atoms with Crippen molar-refractivity contribution in [3.63, 3.8) is 0 Å². The standard InChI is InChI=1S/C16H24N2O3/c1-13-12-18(8-2-10-20-13)9-3-11-21-15-6-4-14(5-7-15)16(17)19/h4-7,13H,2-3,8-12H2,1H3,(H2,17,19). The molecule has 5 nitrogen and oxygen atoms in total. The molecule has 0 aromatic heterocycles. The fraction of sp³-hybridized carbons (Fsp3) is 0.562. The summed E-state index contributed by atoms with van der Waals surface area (Å²) in [5.74, 6) is 0.353. The summed E-state index contributed by atoms with van der Waals surface area (Å²) in [7, 11) is 0. The van der Waals surface area contributed by atoms with E-state index in [1.54, 1.807) is 24.3 Å². The molecule has 1 unspecified atom stereocenters. The van der Waals surface area contributed by atoms with E-state index in [1.807, 2.05) is 0 Å². The van der Waals surface area contributed by atoms with E-state index >= 15 is 0 Å². The second-order valence-corrected chi connectivity index (χ2v) is 5.43. The quantitative estimate of drug-likeness (QED) is 0.810. The summed E-state index contributed by atoms with van der Waals surface area (Å²) < 4.78 is 11.3. The van der Waals surface area contributed by atoms with E-state index < -0.39 is 5.91 Å². The third-order valence-corrected chi connectivity index (χ3v) is 3.56. The Kier molecular flexibility index (Phi) is 6.02. The van der Waals surface area contributed by atoms with Gasteiger partial charge in [-0.3, -0.25) is 4.79 Å². The van der Waals surface area contributed by atoms with Crippen LogP contribution in [0.2, 0.25) is 0 Å². The molecule has 0 spiro atoms. The normalized spacial score (nSPS) is 20.0. The third kappa shape index (κ3) is 5.36. The van der Waals surface area contributed by atoms with Gasteiger partial charge in [-0.15, -0.1) is 0 Å². The number of ether oxygens (including phenoxy) is 2. The van der Waals surface area contributed by atoms with E-state index in [-0.39, 0.29) is 0 Å². The lowest BCUT2D eigenvalue weighted by atomic mass is 10.2. The zero-order valence-electron chi connectivity index (χ0n) is 12.6. The van der Waals surface area contributed by atoms with Crippen molar-refractivity contribution in [2.75, 3.05) is 32.8 Å². The van der Waals surface area contributed by atoms with Gasteiger partial charge in [0.2, 0.25) is 5.91 Å². The van der Waals surface area contributed by atoms with Crippen molar-refractivity contribution in [2.45, 2.75) is 25.9 Å². The fourth-order valence-electron chi connectivity index (χ4n) is 2.48. The number of primary amides is 1. The number of rotatable bonds is 6. The van der Waals surface area contributed by atoms with Gasteiger partial charge in [-0.05, 0) is 44.0 Å². The first-order valence-corrected chi connectivity index (χ1v) is 7.52. The molecule has 116 valence electrons. The minimum Gasteiger partial charge on any atom is -0.494 e. The molecule has 0 radical (unpaired) electrons. The van der Waals surface area contributed by atoms with Crippen molar-refractivity contribution in [1.29, 1.82) is 0 Å². The predicted octanol–water partition coefficient (Wildman–Crippen LogP) is 1.67. The summed E-state index contributed by atoms with van der Waals surface area (Å²) in [6.45, 7) is 6.76. The van der Waals surface area contributed by atoms with Gasteiger partial charge >= 0.3 is 0 Å². The van der Waals surface area contributed by atoms with Gasteiger partial charge in [-0.25, -0.2) is 0 Å². The maximum absolute atomic E-state index is 11.0.